The Labute approximate surface area is 142 Å². The normalized spacial score (nSPS) is 15.6. The number of aryl methyl sites for hydroxylation is 1. The van der Waals surface area contributed by atoms with Gasteiger partial charge in [0.2, 0.25) is 0 Å². The van der Waals surface area contributed by atoms with Gasteiger partial charge in [-0.15, -0.1) is 0 Å². The van der Waals surface area contributed by atoms with Gasteiger partial charge in [-0.3, -0.25) is 0 Å². The molecule has 0 spiro atoms. The summed E-state index contributed by atoms with van der Waals surface area (Å²) >= 11 is 0. The second-order valence-corrected chi connectivity index (χ2v) is 6.83. The lowest BCUT2D eigenvalue weighted by atomic mass is 10.1. The lowest BCUT2D eigenvalue weighted by Crippen LogP contribution is -2.32. The molecule has 5 heteroatoms. The zero-order chi connectivity index (χ0) is 17.3. The van der Waals surface area contributed by atoms with Gasteiger partial charge in [0.05, 0.1) is 6.10 Å². The summed E-state index contributed by atoms with van der Waals surface area (Å²) in [6.07, 6.45) is 1.54. The van der Waals surface area contributed by atoms with Gasteiger partial charge in [0, 0.05) is 30.3 Å². The maximum absolute atomic E-state index is 13.1. The summed E-state index contributed by atoms with van der Waals surface area (Å²) < 4.78 is 13.1. The van der Waals surface area contributed by atoms with Gasteiger partial charge < -0.3 is 10.0 Å². The highest BCUT2D eigenvalue weighted by Gasteiger charge is 2.32. The highest BCUT2D eigenvalue weighted by Crippen LogP contribution is 2.33. The summed E-state index contributed by atoms with van der Waals surface area (Å²) in [6.45, 7) is 6.57. The van der Waals surface area contributed by atoms with Crippen LogP contribution >= 0.6 is 0 Å². The van der Waals surface area contributed by atoms with Crippen molar-refractivity contribution in [2.24, 2.45) is 0 Å². The standard InChI is InChI=1S/C19H24FN3O/c1-12(2)19-21-13(3)10-18(22-19)23(16-8-9-16)11-17(24)14-4-6-15(20)7-5-14/h4-7,10,12,16-17,24H,8-9,11H2,1-3H3. The molecule has 128 valence electrons. The number of halogens is 1. The molecule has 1 saturated carbocycles. The van der Waals surface area contributed by atoms with E-state index in [-0.39, 0.29) is 11.7 Å². The van der Waals surface area contributed by atoms with Gasteiger partial charge in [-0.2, -0.15) is 0 Å². The van der Waals surface area contributed by atoms with Gasteiger partial charge in [0.15, 0.2) is 0 Å². The number of anilines is 1. The number of hydrogen-bond donors (Lipinski definition) is 1. The molecule has 1 unspecified atom stereocenters. The number of aliphatic hydroxyl groups is 1. The van der Waals surface area contributed by atoms with Crippen LogP contribution in [0.25, 0.3) is 0 Å². The number of benzene rings is 1. The second-order valence-electron chi connectivity index (χ2n) is 6.83. The molecule has 1 atom stereocenters. The van der Waals surface area contributed by atoms with E-state index >= 15 is 0 Å². The van der Waals surface area contributed by atoms with Crippen molar-refractivity contribution in [2.75, 3.05) is 11.4 Å². The summed E-state index contributed by atoms with van der Waals surface area (Å²) in [5, 5.41) is 10.6. The van der Waals surface area contributed by atoms with Gasteiger partial charge in [0.25, 0.3) is 0 Å². The molecular weight excluding hydrogens is 305 g/mol. The highest BCUT2D eigenvalue weighted by molar-refractivity contribution is 5.43. The highest BCUT2D eigenvalue weighted by atomic mass is 19.1. The fourth-order valence-corrected chi connectivity index (χ4v) is 2.77. The Bertz CT molecular complexity index is 698. The van der Waals surface area contributed by atoms with Gasteiger partial charge >= 0.3 is 0 Å². The third-order valence-corrected chi connectivity index (χ3v) is 4.28. The van der Waals surface area contributed by atoms with E-state index in [0.29, 0.717) is 12.6 Å². The molecule has 4 nitrogen and oxygen atoms in total. The molecule has 1 fully saturated rings. The predicted octanol–water partition coefficient (Wildman–Crippen LogP) is 3.75. The zero-order valence-corrected chi connectivity index (χ0v) is 14.4. The van der Waals surface area contributed by atoms with Crippen LogP contribution in [0.3, 0.4) is 0 Å². The van der Waals surface area contributed by atoms with Gasteiger partial charge in [-0.1, -0.05) is 26.0 Å². The largest absolute Gasteiger partial charge is 0.387 e. The first-order valence-corrected chi connectivity index (χ1v) is 8.50. The van der Waals surface area contributed by atoms with E-state index in [2.05, 4.69) is 23.7 Å². The van der Waals surface area contributed by atoms with E-state index in [1.807, 2.05) is 13.0 Å². The number of hydrogen-bond acceptors (Lipinski definition) is 4. The molecule has 1 N–H and O–H groups in total. The van der Waals surface area contributed by atoms with E-state index in [4.69, 9.17) is 4.98 Å². The maximum Gasteiger partial charge on any atom is 0.133 e. The Balaban J connectivity index is 1.84. The topological polar surface area (TPSA) is 49.2 Å². The van der Waals surface area contributed by atoms with Crippen LogP contribution in [0.5, 0.6) is 0 Å². The lowest BCUT2D eigenvalue weighted by Gasteiger charge is -2.27. The SMILES string of the molecule is Cc1cc(N(CC(O)c2ccc(F)cc2)C2CC2)nc(C(C)C)n1. The summed E-state index contributed by atoms with van der Waals surface area (Å²) in [4.78, 5) is 11.4. The van der Waals surface area contributed by atoms with E-state index in [1.54, 1.807) is 12.1 Å². The molecule has 1 heterocycles. The van der Waals surface area contributed by atoms with Crippen molar-refractivity contribution in [3.05, 3.63) is 53.2 Å². The average Bonchev–Trinajstić information content (AvgIpc) is 3.37. The first-order chi connectivity index (χ1) is 11.4. The molecule has 1 aliphatic rings. The maximum atomic E-state index is 13.1. The minimum Gasteiger partial charge on any atom is -0.387 e. The van der Waals surface area contributed by atoms with Crippen LogP contribution in [-0.4, -0.2) is 27.7 Å². The van der Waals surface area contributed by atoms with Crippen molar-refractivity contribution < 1.29 is 9.50 Å². The van der Waals surface area contributed by atoms with Gasteiger partial charge in [-0.25, -0.2) is 14.4 Å². The van der Waals surface area contributed by atoms with Gasteiger partial charge in [0.1, 0.15) is 17.5 Å². The summed E-state index contributed by atoms with van der Waals surface area (Å²) in [5.41, 5.74) is 1.66. The predicted molar refractivity (Wildman–Crippen MR) is 92.6 cm³/mol. The zero-order valence-electron chi connectivity index (χ0n) is 14.4. The average molecular weight is 329 g/mol. The minimum absolute atomic E-state index is 0.256. The quantitative estimate of drug-likeness (QED) is 0.877. The van der Waals surface area contributed by atoms with Crippen molar-refractivity contribution in [3.63, 3.8) is 0 Å². The number of aliphatic hydroxyl groups excluding tert-OH is 1. The molecule has 2 aromatic rings. The lowest BCUT2D eigenvalue weighted by molar-refractivity contribution is 0.182. The molecule has 1 aromatic heterocycles. The van der Waals surface area contributed by atoms with E-state index in [0.717, 1.165) is 35.7 Å². The Morgan fingerprint density at radius 2 is 1.88 bits per heavy atom. The van der Waals surface area contributed by atoms with Crippen LogP contribution in [0.15, 0.2) is 30.3 Å². The molecule has 0 amide bonds. The van der Waals surface area contributed by atoms with Crippen molar-refractivity contribution in [2.45, 2.75) is 51.7 Å². The smallest absolute Gasteiger partial charge is 0.133 e. The van der Waals surface area contributed by atoms with Crippen LogP contribution in [0.4, 0.5) is 10.2 Å². The number of nitrogens with zero attached hydrogens (tertiary/aromatic N) is 3. The van der Waals surface area contributed by atoms with Crippen molar-refractivity contribution >= 4 is 5.82 Å². The molecule has 0 bridgehead atoms. The van der Waals surface area contributed by atoms with Crippen molar-refractivity contribution in [3.8, 4) is 0 Å². The first kappa shape index (κ1) is 16.8. The summed E-state index contributed by atoms with van der Waals surface area (Å²) in [5.74, 6) is 1.66. The van der Waals surface area contributed by atoms with E-state index < -0.39 is 6.10 Å². The minimum atomic E-state index is -0.677. The van der Waals surface area contributed by atoms with E-state index in [1.165, 1.54) is 12.1 Å². The third-order valence-electron chi connectivity index (χ3n) is 4.28. The Hall–Kier alpha value is -2.01. The molecular formula is C19H24FN3O. The molecule has 1 aromatic carbocycles. The summed E-state index contributed by atoms with van der Waals surface area (Å²) in [6, 6.07) is 8.42. The third kappa shape index (κ3) is 3.90. The fourth-order valence-electron chi connectivity index (χ4n) is 2.77. The Kier molecular flexibility index (Phi) is 4.81. The van der Waals surface area contributed by atoms with Crippen LogP contribution in [0, 0.1) is 12.7 Å². The van der Waals surface area contributed by atoms with Crippen LogP contribution in [0.1, 0.15) is 55.8 Å². The first-order valence-electron chi connectivity index (χ1n) is 8.50. The summed E-state index contributed by atoms with van der Waals surface area (Å²) in [7, 11) is 0. The van der Waals surface area contributed by atoms with Crippen LogP contribution in [0.2, 0.25) is 0 Å². The molecule has 1 aliphatic carbocycles. The monoisotopic (exact) mass is 329 g/mol. The molecule has 24 heavy (non-hydrogen) atoms. The molecule has 0 aliphatic heterocycles. The second kappa shape index (κ2) is 6.85. The number of aromatic nitrogens is 2. The fraction of sp³-hybridized carbons (Fsp3) is 0.474. The van der Waals surface area contributed by atoms with E-state index in [9.17, 15) is 9.50 Å². The molecule has 0 saturated heterocycles. The molecule has 3 rings (SSSR count). The number of rotatable bonds is 6. The molecule has 0 radical (unpaired) electrons. The van der Waals surface area contributed by atoms with Gasteiger partial charge in [-0.05, 0) is 37.5 Å². The van der Waals surface area contributed by atoms with Crippen molar-refractivity contribution in [1.29, 1.82) is 0 Å². The van der Waals surface area contributed by atoms with Crippen LogP contribution < -0.4 is 4.90 Å². The van der Waals surface area contributed by atoms with Crippen molar-refractivity contribution in [1.82, 2.24) is 9.97 Å². The van der Waals surface area contributed by atoms with Crippen LogP contribution in [-0.2, 0) is 0 Å². The Morgan fingerprint density at radius 3 is 2.46 bits per heavy atom. The Morgan fingerprint density at radius 1 is 1.21 bits per heavy atom.